The lowest BCUT2D eigenvalue weighted by Gasteiger charge is -2.10. The molecule has 0 bridgehead atoms. The Morgan fingerprint density at radius 2 is 2.21 bits per heavy atom. The van der Waals surface area contributed by atoms with E-state index in [-0.39, 0.29) is 11.6 Å². The SMILES string of the molecule is Cn1ccnc1C(=O)C(C#N)c1ccc(Cl)cc1Cl. The third kappa shape index (κ3) is 2.62. The highest BCUT2D eigenvalue weighted by molar-refractivity contribution is 6.35. The first-order valence-corrected chi connectivity index (χ1v) is 6.16. The molecule has 0 amide bonds. The van der Waals surface area contributed by atoms with Crippen LogP contribution in [0.5, 0.6) is 0 Å². The largest absolute Gasteiger partial charge is 0.332 e. The van der Waals surface area contributed by atoms with Gasteiger partial charge < -0.3 is 4.57 Å². The molecule has 1 aromatic carbocycles. The average Bonchev–Trinajstić information content (AvgIpc) is 2.78. The van der Waals surface area contributed by atoms with Crippen molar-refractivity contribution >= 4 is 29.0 Å². The second-order valence-corrected chi connectivity index (χ2v) is 4.80. The number of carbonyl (C=O) groups is 1. The second-order valence-electron chi connectivity index (χ2n) is 3.95. The van der Waals surface area contributed by atoms with Gasteiger partial charge in [0.2, 0.25) is 5.78 Å². The van der Waals surface area contributed by atoms with Crippen molar-refractivity contribution in [3.05, 3.63) is 52.0 Å². The first-order chi connectivity index (χ1) is 9.04. The summed E-state index contributed by atoms with van der Waals surface area (Å²) in [5, 5.41) is 9.98. The molecule has 0 N–H and O–H groups in total. The summed E-state index contributed by atoms with van der Waals surface area (Å²) in [6, 6.07) is 6.65. The van der Waals surface area contributed by atoms with Gasteiger partial charge in [-0.3, -0.25) is 4.79 Å². The highest BCUT2D eigenvalue weighted by Gasteiger charge is 2.26. The number of rotatable bonds is 3. The van der Waals surface area contributed by atoms with Gasteiger partial charge in [0, 0.05) is 29.5 Å². The van der Waals surface area contributed by atoms with E-state index in [1.807, 2.05) is 6.07 Å². The van der Waals surface area contributed by atoms with Crippen LogP contribution in [0.1, 0.15) is 22.1 Å². The van der Waals surface area contributed by atoms with Gasteiger partial charge in [0.25, 0.3) is 0 Å². The van der Waals surface area contributed by atoms with Crippen molar-refractivity contribution in [1.82, 2.24) is 9.55 Å². The number of imidazole rings is 1. The molecule has 1 heterocycles. The van der Waals surface area contributed by atoms with Gasteiger partial charge in [0.05, 0.1) is 6.07 Å². The van der Waals surface area contributed by atoms with Crippen molar-refractivity contribution in [1.29, 1.82) is 5.26 Å². The lowest BCUT2D eigenvalue weighted by Crippen LogP contribution is -2.16. The summed E-state index contributed by atoms with van der Waals surface area (Å²) in [5.41, 5.74) is 0.432. The topological polar surface area (TPSA) is 58.7 Å². The molecule has 0 saturated carbocycles. The number of aryl methyl sites for hydroxylation is 1. The van der Waals surface area contributed by atoms with Gasteiger partial charge in [-0.1, -0.05) is 29.3 Å². The Hall–Kier alpha value is -1.83. The summed E-state index contributed by atoms with van der Waals surface area (Å²) >= 11 is 11.8. The molecule has 0 radical (unpaired) electrons. The van der Waals surface area contributed by atoms with Crippen molar-refractivity contribution in [2.24, 2.45) is 7.05 Å². The Bertz CT molecular complexity index is 673. The van der Waals surface area contributed by atoms with Crippen LogP contribution < -0.4 is 0 Å². The van der Waals surface area contributed by atoms with Crippen molar-refractivity contribution < 1.29 is 4.79 Å². The van der Waals surface area contributed by atoms with E-state index in [0.717, 1.165) is 0 Å². The molecule has 1 aromatic heterocycles. The molecule has 0 fully saturated rings. The average molecular weight is 294 g/mol. The van der Waals surface area contributed by atoms with E-state index in [9.17, 15) is 10.1 Å². The highest BCUT2D eigenvalue weighted by atomic mass is 35.5. The van der Waals surface area contributed by atoms with Crippen LogP contribution in [0, 0.1) is 11.3 Å². The highest BCUT2D eigenvalue weighted by Crippen LogP contribution is 2.29. The first-order valence-electron chi connectivity index (χ1n) is 5.40. The van der Waals surface area contributed by atoms with Crippen molar-refractivity contribution in [3.63, 3.8) is 0 Å². The lowest BCUT2D eigenvalue weighted by atomic mass is 9.95. The number of Topliss-reactive ketones (excluding diaryl/α,β-unsaturated/α-hetero) is 1. The van der Waals surface area contributed by atoms with E-state index in [4.69, 9.17) is 23.2 Å². The van der Waals surface area contributed by atoms with Gasteiger partial charge in [-0.15, -0.1) is 0 Å². The van der Waals surface area contributed by atoms with Crippen molar-refractivity contribution in [2.75, 3.05) is 0 Å². The zero-order valence-electron chi connectivity index (χ0n) is 9.97. The van der Waals surface area contributed by atoms with Gasteiger partial charge in [0.15, 0.2) is 5.82 Å². The fraction of sp³-hybridized carbons (Fsp3) is 0.154. The van der Waals surface area contributed by atoms with Crippen LogP contribution in [0.2, 0.25) is 10.0 Å². The molecule has 1 unspecified atom stereocenters. The predicted octanol–water partition coefficient (Wildman–Crippen LogP) is 3.22. The van der Waals surface area contributed by atoms with Gasteiger partial charge in [0.1, 0.15) is 5.92 Å². The number of carbonyl (C=O) groups excluding carboxylic acids is 1. The van der Waals surface area contributed by atoms with E-state index in [2.05, 4.69) is 4.98 Å². The summed E-state index contributed by atoms with van der Waals surface area (Å²) in [6.45, 7) is 0. The molecule has 0 saturated heterocycles. The summed E-state index contributed by atoms with van der Waals surface area (Å²) in [4.78, 5) is 16.2. The fourth-order valence-corrected chi connectivity index (χ4v) is 2.25. The Balaban J connectivity index is 2.44. The number of hydrogen-bond acceptors (Lipinski definition) is 3. The summed E-state index contributed by atoms with van der Waals surface area (Å²) in [6.07, 6.45) is 3.15. The zero-order valence-corrected chi connectivity index (χ0v) is 11.5. The van der Waals surface area contributed by atoms with Gasteiger partial charge in [-0.2, -0.15) is 5.26 Å². The minimum Gasteiger partial charge on any atom is -0.332 e. The van der Waals surface area contributed by atoms with Crippen LogP contribution in [0.4, 0.5) is 0 Å². The maximum Gasteiger partial charge on any atom is 0.219 e. The zero-order chi connectivity index (χ0) is 14.0. The van der Waals surface area contributed by atoms with E-state index in [1.54, 1.807) is 29.9 Å². The van der Waals surface area contributed by atoms with Crippen LogP contribution in [-0.4, -0.2) is 15.3 Å². The number of ketones is 1. The minimum absolute atomic E-state index is 0.220. The molecular weight excluding hydrogens is 285 g/mol. The normalized spacial score (nSPS) is 11.9. The number of aromatic nitrogens is 2. The number of nitriles is 1. The minimum atomic E-state index is -0.995. The smallest absolute Gasteiger partial charge is 0.219 e. The van der Waals surface area contributed by atoms with Crippen LogP contribution in [-0.2, 0) is 7.05 Å². The molecule has 4 nitrogen and oxygen atoms in total. The number of hydrogen-bond donors (Lipinski definition) is 0. The van der Waals surface area contributed by atoms with E-state index in [0.29, 0.717) is 15.6 Å². The maximum atomic E-state index is 12.3. The molecule has 0 aliphatic carbocycles. The first kappa shape index (κ1) is 13.6. The molecule has 2 rings (SSSR count). The monoisotopic (exact) mass is 293 g/mol. The van der Waals surface area contributed by atoms with Crippen LogP contribution >= 0.6 is 23.2 Å². The molecular formula is C13H9Cl2N3O. The molecule has 1 atom stereocenters. The number of nitrogens with zero attached hydrogens (tertiary/aromatic N) is 3. The Morgan fingerprint density at radius 3 is 2.74 bits per heavy atom. The Labute approximate surface area is 120 Å². The van der Waals surface area contributed by atoms with E-state index < -0.39 is 5.92 Å². The van der Waals surface area contributed by atoms with E-state index >= 15 is 0 Å². The fourth-order valence-electron chi connectivity index (χ4n) is 1.74. The standard InChI is InChI=1S/C13H9Cl2N3O/c1-18-5-4-17-13(18)12(19)10(7-16)9-3-2-8(14)6-11(9)15/h2-6,10H,1H3. The second kappa shape index (κ2) is 5.43. The lowest BCUT2D eigenvalue weighted by molar-refractivity contribution is 0.0966. The van der Waals surface area contributed by atoms with Gasteiger partial charge >= 0.3 is 0 Å². The quantitative estimate of drug-likeness (QED) is 0.817. The van der Waals surface area contributed by atoms with Crippen LogP contribution in [0.3, 0.4) is 0 Å². The number of benzene rings is 1. The molecule has 2 aromatic rings. The molecule has 0 aliphatic heterocycles. The number of halogens is 2. The summed E-state index contributed by atoms with van der Waals surface area (Å²) < 4.78 is 1.57. The maximum absolute atomic E-state index is 12.3. The van der Waals surface area contributed by atoms with Crippen LogP contribution in [0.25, 0.3) is 0 Å². The molecule has 19 heavy (non-hydrogen) atoms. The van der Waals surface area contributed by atoms with Crippen LogP contribution in [0.15, 0.2) is 30.6 Å². The van der Waals surface area contributed by atoms with Gasteiger partial charge in [-0.05, 0) is 17.7 Å². The van der Waals surface area contributed by atoms with E-state index in [1.165, 1.54) is 12.3 Å². The Kier molecular flexibility index (Phi) is 3.89. The Morgan fingerprint density at radius 1 is 1.47 bits per heavy atom. The van der Waals surface area contributed by atoms with Crippen molar-refractivity contribution in [3.8, 4) is 6.07 Å². The molecule has 6 heteroatoms. The third-order valence-electron chi connectivity index (χ3n) is 2.71. The predicted molar refractivity (Wildman–Crippen MR) is 72.4 cm³/mol. The molecule has 0 spiro atoms. The summed E-state index contributed by atoms with van der Waals surface area (Å²) in [7, 11) is 1.69. The molecule has 0 aliphatic rings. The summed E-state index contributed by atoms with van der Waals surface area (Å²) in [5.74, 6) is -1.16. The third-order valence-corrected chi connectivity index (χ3v) is 3.27. The van der Waals surface area contributed by atoms with Gasteiger partial charge in [-0.25, -0.2) is 4.98 Å². The molecule has 96 valence electrons. The van der Waals surface area contributed by atoms with Crippen molar-refractivity contribution in [2.45, 2.75) is 5.92 Å².